The highest BCUT2D eigenvalue weighted by atomic mass is 16.5. The molecule has 3 N–H and O–H groups in total. The van der Waals surface area contributed by atoms with Crippen LogP contribution in [0.3, 0.4) is 0 Å². The second kappa shape index (κ2) is 3.51. The molecular formula is C10H19NO3. The Labute approximate surface area is 84.4 Å². The Morgan fingerprint density at radius 2 is 2.14 bits per heavy atom. The highest BCUT2D eigenvalue weighted by Crippen LogP contribution is 2.32. The summed E-state index contributed by atoms with van der Waals surface area (Å²) >= 11 is 0. The van der Waals surface area contributed by atoms with Crippen molar-refractivity contribution in [2.24, 2.45) is 5.73 Å². The summed E-state index contributed by atoms with van der Waals surface area (Å²) < 4.78 is 5.70. The van der Waals surface area contributed by atoms with Crippen LogP contribution in [0.15, 0.2) is 0 Å². The van der Waals surface area contributed by atoms with E-state index in [1.165, 1.54) is 0 Å². The van der Waals surface area contributed by atoms with Crippen LogP contribution in [-0.2, 0) is 9.53 Å². The summed E-state index contributed by atoms with van der Waals surface area (Å²) in [6.07, 6.45) is 1.64. The summed E-state index contributed by atoms with van der Waals surface area (Å²) in [4.78, 5) is 10.9. The van der Waals surface area contributed by atoms with Crippen LogP contribution < -0.4 is 5.73 Å². The molecule has 0 bridgehead atoms. The quantitative estimate of drug-likeness (QED) is 0.702. The molecule has 1 rings (SSSR count). The molecule has 1 aliphatic rings. The molecule has 4 nitrogen and oxygen atoms in total. The Hall–Kier alpha value is -0.610. The van der Waals surface area contributed by atoms with Gasteiger partial charge in [0.05, 0.1) is 11.7 Å². The van der Waals surface area contributed by atoms with Crippen molar-refractivity contribution in [3.8, 4) is 0 Å². The second-order valence-corrected chi connectivity index (χ2v) is 5.06. The third-order valence-corrected chi connectivity index (χ3v) is 2.45. The van der Waals surface area contributed by atoms with Gasteiger partial charge in [-0.15, -0.1) is 0 Å². The normalized spacial score (nSPS) is 33.3. The first-order valence-corrected chi connectivity index (χ1v) is 4.93. The Kier molecular flexibility index (Phi) is 2.88. The van der Waals surface area contributed by atoms with Crippen molar-refractivity contribution >= 4 is 5.97 Å². The lowest BCUT2D eigenvalue weighted by Gasteiger charge is -2.25. The average Bonchev–Trinajstić information content (AvgIpc) is 2.29. The topological polar surface area (TPSA) is 72.5 Å². The molecule has 4 heteroatoms. The van der Waals surface area contributed by atoms with Gasteiger partial charge in [-0.25, -0.2) is 0 Å². The molecule has 2 atom stereocenters. The van der Waals surface area contributed by atoms with Crippen LogP contribution in [-0.4, -0.2) is 28.3 Å². The van der Waals surface area contributed by atoms with Crippen LogP contribution in [0.1, 0.15) is 40.0 Å². The number of carboxylic acid groups (broad SMARTS) is 1. The van der Waals surface area contributed by atoms with Gasteiger partial charge in [0.25, 0.3) is 0 Å². The first-order chi connectivity index (χ1) is 6.23. The standard InChI is InChI=1S/C10H19NO3/c1-9(2,3)14-7-4-5-10(11,6-7)8(12)13/h7H,4-6,11H2,1-3H3,(H,12,13). The van der Waals surface area contributed by atoms with E-state index in [2.05, 4.69) is 0 Å². The van der Waals surface area contributed by atoms with Crippen LogP contribution in [0.2, 0.25) is 0 Å². The average molecular weight is 201 g/mol. The van der Waals surface area contributed by atoms with E-state index in [-0.39, 0.29) is 11.7 Å². The summed E-state index contributed by atoms with van der Waals surface area (Å²) in [7, 11) is 0. The first kappa shape index (κ1) is 11.5. The third kappa shape index (κ3) is 2.69. The van der Waals surface area contributed by atoms with Crippen molar-refractivity contribution in [1.29, 1.82) is 0 Å². The molecule has 0 spiro atoms. The van der Waals surface area contributed by atoms with Crippen LogP contribution in [0.5, 0.6) is 0 Å². The smallest absolute Gasteiger partial charge is 0.323 e. The lowest BCUT2D eigenvalue weighted by atomic mass is 10.00. The molecule has 0 heterocycles. The largest absolute Gasteiger partial charge is 0.480 e. The maximum atomic E-state index is 10.9. The number of ether oxygens (including phenoxy) is 1. The van der Waals surface area contributed by atoms with Gasteiger partial charge in [-0.1, -0.05) is 0 Å². The highest BCUT2D eigenvalue weighted by molar-refractivity contribution is 5.78. The molecule has 0 saturated heterocycles. The van der Waals surface area contributed by atoms with Gasteiger partial charge < -0.3 is 15.6 Å². The number of aliphatic carboxylic acids is 1. The van der Waals surface area contributed by atoms with Crippen molar-refractivity contribution in [2.75, 3.05) is 0 Å². The third-order valence-electron chi connectivity index (χ3n) is 2.45. The van der Waals surface area contributed by atoms with Gasteiger partial charge in [0.15, 0.2) is 0 Å². The van der Waals surface area contributed by atoms with E-state index in [1.807, 2.05) is 20.8 Å². The fourth-order valence-electron chi connectivity index (χ4n) is 1.82. The summed E-state index contributed by atoms with van der Waals surface area (Å²) in [5.74, 6) is -0.919. The molecule has 82 valence electrons. The number of hydrogen-bond donors (Lipinski definition) is 2. The highest BCUT2D eigenvalue weighted by Gasteiger charge is 2.43. The van der Waals surface area contributed by atoms with Crippen LogP contribution >= 0.6 is 0 Å². The number of rotatable bonds is 2. The van der Waals surface area contributed by atoms with E-state index in [1.54, 1.807) is 0 Å². The number of nitrogens with two attached hydrogens (primary N) is 1. The monoisotopic (exact) mass is 201 g/mol. The van der Waals surface area contributed by atoms with Crippen LogP contribution in [0.25, 0.3) is 0 Å². The summed E-state index contributed by atoms with van der Waals surface area (Å²) in [6, 6.07) is 0. The molecule has 1 fully saturated rings. The molecule has 0 aromatic heterocycles. The Morgan fingerprint density at radius 1 is 1.57 bits per heavy atom. The lowest BCUT2D eigenvalue weighted by molar-refractivity contribution is -0.144. The minimum absolute atomic E-state index is 0.0175. The maximum Gasteiger partial charge on any atom is 0.323 e. The minimum atomic E-state index is -1.07. The zero-order valence-electron chi connectivity index (χ0n) is 9.04. The minimum Gasteiger partial charge on any atom is -0.480 e. The molecule has 0 aromatic rings. The predicted molar refractivity (Wildman–Crippen MR) is 53.0 cm³/mol. The van der Waals surface area contributed by atoms with E-state index >= 15 is 0 Å². The molecule has 14 heavy (non-hydrogen) atoms. The van der Waals surface area contributed by atoms with E-state index in [0.29, 0.717) is 12.8 Å². The molecular weight excluding hydrogens is 182 g/mol. The van der Waals surface area contributed by atoms with Crippen LogP contribution in [0.4, 0.5) is 0 Å². The molecule has 0 aromatic carbocycles. The molecule has 1 saturated carbocycles. The number of carbonyl (C=O) groups is 1. The SMILES string of the molecule is CC(C)(C)OC1CCC(N)(C(=O)O)C1. The van der Waals surface area contributed by atoms with Gasteiger partial charge in [0.1, 0.15) is 5.54 Å². The molecule has 0 amide bonds. The van der Waals surface area contributed by atoms with Crippen molar-refractivity contribution < 1.29 is 14.6 Å². The summed E-state index contributed by atoms with van der Waals surface area (Å²) in [5.41, 5.74) is 4.43. The Bertz CT molecular complexity index is 234. The zero-order valence-corrected chi connectivity index (χ0v) is 9.04. The first-order valence-electron chi connectivity index (χ1n) is 4.93. The van der Waals surface area contributed by atoms with Gasteiger partial charge >= 0.3 is 5.97 Å². The zero-order chi connectivity index (χ0) is 11.0. The second-order valence-electron chi connectivity index (χ2n) is 5.06. The van der Waals surface area contributed by atoms with Gasteiger partial charge in [-0.2, -0.15) is 0 Å². The van der Waals surface area contributed by atoms with Crippen molar-refractivity contribution in [3.63, 3.8) is 0 Å². The van der Waals surface area contributed by atoms with E-state index in [9.17, 15) is 4.79 Å². The number of carboxylic acids is 1. The summed E-state index contributed by atoms with van der Waals surface area (Å²) in [5, 5.41) is 8.91. The fourth-order valence-corrected chi connectivity index (χ4v) is 1.82. The van der Waals surface area contributed by atoms with Crippen molar-refractivity contribution in [1.82, 2.24) is 0 Å². The maximum absolute atomic E-state index is 10.9. The van der Waals surface area contributed by atoms with Gasteiger partial charge in [0, 0.05) is 6.42 Å². The molecule has 0 aliphatic heterocycles. The van der Waals surface area contributed by atoms with E-state index in [0.717, 1.165) is 6.42 Å². The molecule has 0 radical (unpaired) electrons. The Balaban J connectivity index is 2.53. The van der Waals surface area contributed by atoms with Gasteiger partial charge in [0.2, 0.25) is 0 Å². The van der Waals surface area contributed by atoms with Crippen molar-refractivity contribution in [3.05, 3.63) is 0 Å². The number of hydrogen-bond acceptors (Lipinski definition) is 3. The molecule has 2 unspecified atom stereocenters. The fraction of sp³-hybridized carbons (Fsp3) is 0.900. The molecule has 1 aliphatic carbocycles. The van der Waals surface area contributed by atoms with E-state index < -0.39 is 11.5 Å². The van der Waals surface area contributed by atoms with Gasteiger partial charge in [-0.05, 0) is 33.6 Å². The van der Waals surface area contributed by atoms with Crippen molar-refractivity contribution in [2.45, 2.75) is 57.3 Å². The predicted octanol–water partition coefficient (Wildman–Crippen LogP) is 1.14. The van der Waals surface area contributed by atoms with E-state index in [4.69, 9.17) is 15.6 Å². The van der Waals surface area contributed by atoms with Crippen LogP contribution in [0, 0.1) is 0 Å². The Morgan fingerprint density at radius 3 is 2.50 bits per heavy atom. The summed E-state index contributed by atoms with van der Waals surface area (Å²) in [6.45, 7) is 5.89. The lowest BCUT2D eigenvalue weighted by Crippen LogP contribution is -2.46. The van der Waals surface area contributed by atoms with Gasteiger partial charge in [-0.3, -0.25) is 4.79 Å².